The van der Waals surface area contributed by atoms with E-state index in [0.717, 1.165) is 27.1 Å². The molecule has 0 aliphatic carbocycles. The summed E-state index contributed by atoms with van der Waals surface area (Å²) in [6, 6.07) is 7.74. The summed E-state index contributed by atoms with van der Waals surface area (Å²) in [5, 5.41) is 0.975. The Balaban J connectivity index is 2.57. The zero-order valence-corrected chi connectivity index (χ0v) is 12.1. The van der Waals surface area contributed by atoms with E-state index in [1.807, 2.05) is 36.8 Å². The van der Waals surface area contributed by atoms with Crippen molar-refractivity contribution >= 4 is 23.5 Å². The highest BCUT2D eigenvalue weighted by Crippen LogP contribution is 2.37. The normalized spacial score (nSPS) is 10.4. The van der Waals surface area contributed by atoms with Gasteiger partial charge in [-0.1, -0.05) is 6.07 Å². The third-order valence-electron chi connectivity index (χ3n) is 2.45. The van der Waals surface area contributed by atoms with Gasteiger partial charge in [-0.3, -0.25) is 4.98 Å². The number of nitrogens with zero attached hydrogens (tertiary/aromatic N) is 2. The van der Waals surface area contributed by atoms with Crippen LogP contribution in [0.4, 0.5) is 0 Å². The van der Waals surface area contributed by atoms with Crippen LogP contribution in [0, 0.1) is 0 Å². The molecule has 0 radical (unpaired) electrons. The van der Waals surface area contributed by atoms with E-state index in [1.54, 1.807) is 36.8 Å². The molecular formula is C13H14N2OS2. The van der Waals surface area contributed by atoms with E-state index < -0.39 is 0 Å². The van der Waals surface area contributed by atoms with E-state index >= 15 is 0 Å². The lowest BCUT2D eigenvalue weighted by Crippen LogP contribution is -1.95. The molecule has 0 aromatic carbocycles. The molecule has 94 valence electrons. The zero-order valence-electron chi connectivity index (χ0n) is 10.5. The molecule has 0 bridgehead atoms. The van der Waals surface area contributed by atoms with Gasteiger partial charge in [-0.2, -0.15) is 0 Å². The summed E-state index contributed by atoms with van der Waals surface area (Å²) in [5.74, 6) is 0.850. The fourth-order valence-electron chi connectivity index (χ4n) is 1.61. The van der Waals surface area contributed by atoms with Crippen LogP contribution in [0.15, 0.2) is 40.4 Å². The molecule has 0 amide bonds. The minimum Gasteiger partial charge on any atom is -0.495 e. The molecule has 2 aromatic heterocycles. The molecule has 0 unspecified atom stereocenters. The van der Waals surface area contributed by atoms with Gasteiger partial charge in [0.05, 0.1) is 23.4 Å². The average molecular weight is 278 g/mol. The first-order valence-corrected chi connectivity index (χ1v) is 7.83. The minimum absolute atomic E-state index is 0.842. The van der Waals surface area contributed by atoms with Crippen LogP contribution in [0.1, 0.15) is 0 Å². The molecule has 0 N–H and O–H groups in total. The van der Waals surface area contributed by atoms with Crippen LogP contribution < -0.4 is 4.74 Å². The van der Waals surface area contributed by atoms with E-state index in [4.69, 9.17) is 4.74 Å². The van der Waals surface area contributed by atoms with Crippen molar-refractivity contribution in [3.63, 3.8) is 0 Å². The van der Waals surface area contributed by atoms with Crippen molar-refractivity contribution in [3.05, 3.63) is 30.5 Å². The standard InChI is InChI=1S/C13H14N2OS2/c1-16-11-8-10(9-6-4-5-7-14-9)15-13(18-3)12(11)17-2/h4-8H,1-3H3. The predicted octanol–water partition coefficient (Wildman–Crippen LogP) is 3.60. The van der Waals surface area contributed by atoms with Crippen molar-refractivity contribution in [1.82, 2.24) is 9.97 Å². The highest BCUT2D eigenvalue weighted by atomic mass is 32.2. The van der Waals surface area contributed by atoms with E-state index in [0.29, 0.717) is 0 Å². The number of ether oxygens (including phenoxy) is 1. The molecule has 0 saturated heterocycles. The number of pyridine rings is 2. The highest BCUT2D eigenvalue weighted by molar-refractivity contribution is 8.01. The molecule has 0 fully saturated rings. The molecule has 3 nitrogen and oxygen atoms in total. The number of thioether (sulfide) groups is 2. The summed E-state index contributed by atoms with van der Waals surface area (Å²) in [7, 11) is 1.68. The van der Waals surface area contributed by atoms with E-state index in [9.17, 15) is 0 Å². The second-order valence-electron chi connectivity index (χ2n) is 3.47. The maximum absolute atomic E-state index is 5.44. The third-order valence-corrected chi connectivity index (χ3v) is 4.07. The minimum atomic E-state index is 0.842. The van der Waals surface area contributed by atoms with Crippen LogP contribution in [0.3, 0.4) is 0 Å². The van der Waals surface area contributed by atoms with Crippen LogP contribution in [-0.4, -0.2) is 29.6 Å². The maximum Gasteiger partial charge on any atom is 0.137 e. The fraction of sp³-hybridized carbons (Fsp3) is 0.231. The van der Waals surface area contributed by atoms with Gasteiger partial charge in [-0.05, 0) is 24.6 Å². The van der Waals surface area contributed by atoms with Gasteiger partial charge in [0.1, 0.15) is 10.8 Å². The quantitative estimate of drug-likeness (QED) is 0.798. The lowest BCUT2D eigenvalue weighted by atomic mass is 10.2. The number of hydrogen-bond acceptors (Lipinski definition) is 5. The van der Waals surface area contributed by atoms with Crippen LogP contribution in [-0.2, 0) is 0 Å². The summed E-state index contributed by atoms with van der Waals surface area (Å²) < 4.78 is 5.44. The summed E-state index contributed by atoms with van der Waals surface area (Å²) >= 11 is 3.27. The number of aromatic nitrogens is 2. The van der Waals surface area contributed by atoms with Gasteiger partial charge < -0.3 is 4.74 Å². The Bertz CT molecular complexity index is 507. The first-order valence-electron chi connectivity index (χ1n) is 5.38. The smallest absolute Gasteiger partial charge is 0.137 e. The Labute approximate surface area is 115 Å². The van der Waals surface area contributed by atoms with Crippen LogP contribution in [0.2, 0.25) is 0 Å². The molecule has 2 aromatic rings. The molecule has 0 saturated carbocycles. The first kappa shape index (κ1) is 13.2. The molecule has 5 heteroatoms. The Morgan fingerprint density at radius 3 is 2.50 bits per heavy atom. The second kappa shape index (κ2) is 6.11. The third kappa shape index (κ3) is 2.62. The van der Waals surface area contributed by atoms with E-state index in [2.05, 4.69) is 9.97 Å². The first-order chi connectivity index (χ1) is 8.80. The highest BCUT2D eigenvalue weighted by Gasteiger charge is 2.13. The van der Waals surface area contributed by atoms with Crippen molar-refractivity contribution in [2.45, 2.75) is 9.92 Å². The van der Waals surface area contributed by atoms with Gasteiger partial charge in [-0.15, -0.1) is 23.5 Å². The Kier molecular flexibility index (Phi) is 4.49. The maximum atomic E-state index is 5.44. The average Bonchev–Trinajstić information content (AvgIpc) is 2.46. The predicted molar refractivity (Wildman–Crippen MR) is 77.6 cm³/mol. The van der Waals surface area contributed by atoms with Crippen molar-refractivity contribution in [1.29, 1.82) is 0 Å². The molecule has 0 aliphatic rings. The monoisotopic (exact) mass is 278 g/mol. The van der Waals surface area contributed by atoms with Crippen LogP contribution in [0.5, 0.6) is 5.75 Å². The van der Waals surface area contributed by atoms with Gasteiger partial charge in [0.15, 0.2) is 0 Å². The van der Waals surface area contributed by atoms with Crippen molar-refractivity contribution in [2.24, 2.45) is 0 Å². The SMILES string of the molecule is COc1cc(-c2ccccn2)nc(SC)c1SC. The van der Waals surface area contributed by atoms with Gasteiger partial charge in [0.2, 0.25) is 0 Å². The zero-order chi connectivity index (χ0) is 13.0. The molecule has 0 aliphatic heterocycles. The summed E-state index contributed by atoms with van der Waals surface area (Å²) in [6.45, 7) is 0. The molecule has 0 atom stereocenters. The van der Waals surface area contributed by atoms with Gasteiger partial charge in [-0.25, -0.2) is 4.98 Å². The second-order valence-corrected chi connectivity index (χ2v) is 5.08. The molecule has 2 heterocycles. The van der Waals surface area contributed by atoms with E-state index in [-0.39, 0.29) is 0 Å². The summed E-state index contributed by atoms with van der Waals surface area (Å²) in [4.78, 5) is 10.0. The lowest BCUT2D eigenvalue weighted by Gasteiger charge is -2.12. The number of rotatable bonds is 4. The Morgan fingerprint density at radius 2 is 1.94 bits per heavy atom. The van der Waals surface area contributed by atoms with Gasteiger partial charge in [0.25, 0.3) is 0 Å². The fourth-order valence-corrected chi connectivity index (χ4v) is 3.15. The number of methoxy groups -OCH3 is 1. The summed E-state index contributed by atoms with van der Waals surface area (Å²) in [6.07, 6.45) is 5.81. The van der Waals surface area contributed by atoms with Gasteiger partial charge >= 0.3 is 0 Å². The van der Waals surface area contributed by atoms with Crippen LogP contribution >= 0.6 is 23.5 Å². The topological polar surface area (TPSA) is 35.0 Å². The Hall–Kier alpha value is -1.20. The van der Waals surface area contributed by atoms with Crippen molar-refractivity contribution in [2.75, 3.05) is 19.6 Å². The van der Waals surface area contributed by atoms with Gasteiger partial charge in [0, 0.05) is 12.3 Å². The van der Waals surface area contributed by atoms with Crippen molar-refractivity contribution in [3.8, 4) is 17.1 Å². The van der Waals surface area contributed by atoms with Crippen LogP contribution in [0.25, 0.3) is 11.4 Å². The van der Waals surface area contributed by atoms with Crippen molar-refractivity contribution < 1.29 is 4.74 Å². The largest absolute Gasteiger partial charge is 0.495 e. The molecule has 0 spiro atoms. The number of hydrogen-bond donors (Lipinski definition) is 0. The molecule has 18 heavy (non-hydrogen) atoms. The van der Waals surface area contributed by atoms with E-state index in [1.165, 1.54) is 0 Å². The Morgan fingerprint density at radius 1 is 1.11 bits per heavy atom. The lowest BCUT2D eigenvalue weighted by molar-refractivity contribution is 0.401. The molecular weight excluding hydrogens is 264 g/mol. The summed E-state index contributed by atoms with van der Waals surface area (Å²) in [5.41, 5.74) is 1.70. The molecule has 2 rings (SSSR count).